The smallest absolute Gasteiger partial charge is 0.0105 e. The first kappa shape index (κ1) is 14.0. The highest BCUT2D eigenvalue weighted by Crippen LogP contribution is 2.29. The van der Waals surface area contributed by atoms with E-state index in [1.807, 2.05) is 0 Å². The lowest BCUT2D eigenvalue weighted by Crippen LogP contribution is -2.44. The summed E-state index contributed by atoms with van der Waals surface area (Å²) in [5.41, 5.74) is 0. The van der Waals surface area contributed by atoms with Crippen molar-refractivity contribution in [3.63, 3.8) is 0 Å². The van der Waals surface area contributed by atoms with Gasteiger partial charge in [-0.25, -0.2) is 0 Å². The third-order valence-corrected chi connectivity index (χ3v) is 4.10. The molecule has 2 heteroatoms. The molecule has 3 atom stereocenters. The summed E-state index contributed by atoms with van der Waals surface area (Å²) in [6.45, 7) is 10.7. The molecular formula is C14H30N2. The van der Waals surface area contributed by atoms with Gasteiger partial charge < -0.3 is 10.2 Å². The van der Waals surface area contributed by atoms with E-state index in [2.05, 4.69) is 38.0 Å². The number of nitrogens with zero attached hydrogens (tertiary/aromatic N) is 1. The molecule has 0 spiro atoms. The van der Waals surface area contributed by atoms with Crippen LogP contribution in [-0.4, -0.2) is 37.6 Å². The molecule has 0 amide bonds. The highest BCUT2D eigenvalue weighted by Gasteiger charge is 2.28. The van der Waals surface area contributed by atoms with Crippen LogP contribution in [0, 0.1) is 11.8 Å². The first-order valence-corrected chi connectivity index (χ1v) is 7.10. The number of rotatable bonds is 6. The van der Waals surface area contributed by atoms with E-state index in [-0.39, 0.29) is 0 Å². The molecule has 0 radical (unpaired) electrons. The zero-order valence-electron chi connectivity index (χ0n) is 11.6. The number of hydrogen-bond acceptors (Lipinski definition) is 2. The molecular weight excluding hydrogens is 196 g/mol. The monoisotopic (exact) mass is 226 g/mol. The average molecular weight is 226 g/mol. The Hall–Kier alpha value is -0.0800. The van der Waals surface area contributed by atoms with Gasteiger partial charge in [0.05, 0.1) is 0 Å². The molecule has 96 valence electrons. The zero-order valence-corrected chi connectivity index (χ0v) is 11.6. The van der Waals surface area contributed by atoms with Gasteiger partial charge in [-0.3, -0.25) is 0 Å². The molecule has 1 aliphatic carbocycles. The molecule has 0 aromatic carbocycles. The van der Waals surface area contributed by atoms with Gasteiger partial charge in [0.15, 0.2) is 0 Å². The van der Waals surface area contributed by atoms with E-state index in [9.17, 15) is 0 Å². The summed E-state index contributed by atoms with van der Waals surface area (Å²) < 4.78 is 0. The Morgan fingerprint density at radius 1 is 1.25 bits per heavy atom. The van der Waals surface area contributed by atoms with Crippen molar-refractivity contribution >= 4 is 0 Å². The van der Waals surface area contributed by atoms with Crippen molar-refractivity contribution in [1.29, 1.82) is 0 Å². The molecule has 2 nitrogen and oxygen atoms in total. The van der Waals surface area contributed by atoms with E-state index in [0.717, 1.165) is 17.9 Å². The first-order chi connectivity index (χ1) is 7.71. The Morgan fingerprint density at radius 2 is 2.00 bits per heavy atom. The maximum Gasteiger partial charge on any atom is 0.0105 e. The van der Waals surface area contributed by atoms with E-state index in [0.29, 0.717) is 0 Å². The summed E-state index contributed by atoms with van der Waals surface area (Å²) >= 11 is 0. The summed E-state index contributed by atoms with van der Waals surface area (Å²) in [5.74, 6) is 1.79. The topological polar surface area (TPSA) is 15.3 Å². The van der Waals surface area contributed by atoms with Gasteiger partial charge in [-0.05, 0) is 57.7 Å². The van der Waals surface area contributed by atoms with Gasteiger partial charge >= 0.3 is 0 Å². The minimum atomic E-state index is 0.752. The highest BCUT2D eigenvalue weighted by atomic mass is 15.1. The van der Waals surface area contributed by atoms with Gasteiger partial charge in [-0.15, -0.1) is 0 Å². The van der Waals surface area contributed by atoms with Gasteiger partial charge in [0.25, 0.3) is 0 Å². The van der Waals surface area contributed by atoms with E-state index in [1.165, 1.54) is 45.3 Å². The van der Waals surface area contributed by atoms with Crippen molar-refractivity contribution in [2.75, 3.05) is 26.7 Å². The molecule has 0 aromatic rings. The van der Waals surface area contributed by atoms with Crippen LogP contribution in [-0.2, 0) is 0 Å². The van der Waals surface area contributed by atoms with Crippen LogP contribution >= 0.6 is 0 Å². The second-order valence-electron chi connectivity index (χ2n) is 5.47. The molecule has 1 N–H and O–H groups in total. The normalized spacial score (nSPS) is 30.9. The van der Waals surface area contributed by atoms with E-state index < -0.39 is 0 Å². The quantitative estimate of drug-likeness (QED) is 0.749. The summed E-state index contributed by atoms with van der Waals surface area (Å²) in [6.07, 6.45) is 5.46. The lowest BCUT2D eigenvalue weighted by Gasteiger charge is -2.37. The molecule has 3 unspecified atom stereocenters. The second kappa shape index (κ2) is 7.29. The average Bonchev–Trinajstić information content (AvgIpc) is 2.29. The first-order valence-electron chi connectivity index (χ1n) is 7.10. The van der Waals surface area contributed by atoms with Gasteiger partial charge in [-0.1, -0.05) is 20.8 Å². The van der Waals surface area contributed by atoms with Crippen molar-refractivity contribution in [3.8, 4) is 0 Å². The largest absolute Gasteiger partial charge is 0.317 e. The summed E-state index contributed by atoms with van der Waals surface area (Å²) in [6, 6.07) is 0.752. The molecule has 0 saturated heterocycles. The van der Waals surface area contributed by atoms with Crippen LogP contribution in [0.5, 0.6) is 0 Å². The molecule has 0 heterocycles. The SMILES string of the molecule is CCCN(CC)CC1CC(C)CCC1NC. The van der Waals surface area contributed by atoms with Crippen LogP contribution in [0.2, 0.25) is 0 Å². The van der Waals surface area contributed by atoms with E-state index in [4.69, 9.17) is 0 Å². The van der Waals surface area contributed by atoms with Crippen LogP contribution in [0.25, 0.3) is 0 Å². The van der Waals surface area contributed by atoms with Gasteiger partial charge in [0, 0.05) is 12.6 Å². The van der Waals surface area contributed by atoms with Crippen molar-refractivity contribution in [2.24, 2.45) is 11.8 Å². The van der Waals surface area contributed by atoms with Crippen LogP contribution in [0.1, 0.15) is 46.5 Å². The summed E-state index contributed by atoms with van der Waals surface area (Å²) in [4.78, 5) is 2.62. The zero-order chi connectivity index (χ0) is 12.0. The maximum absolute atomic E-state index is 3.52. The molecule has 1 saturated carbocycles. The van der Waals surface area contributed by atoms with E-state index >= 15 is 0 Å². The van der Waals surface area contributed by atoms with Crippen molar-refractivity contribution < 1.29 is 0 Å². The Bertz CT molecular complexity index is 182. The second-order valence-corrected chi connectivity index (χ2v) is 5.47. The molecule has 1 aliphatic rings. The predicted octanol–water partition coefficient (Wildman–Crippen LogP) is 2.74. The van der Waals surface area contributed by atoms with Gasteiger partial charge in [-0.2, -0.15) is 0 Å². The summed E-state index contributed by atoms with van der Waals surface area (Å²) in [7, 11) is 2.13. The minimum Gasteiger partial charge on any atom is -0.317 e. The lowest BCUT2D eigenvalue weighted by atomic mass is 9.78. The fourth-order valence-corrected chi connectivity index (χ4v) is 3.11. The van der Waals surface area contributed by atoms with Crippen LogP contribution in [0.15, 0.2) is 0 Å². The third-order valence-electron chi connectivity index (χ3n) is 4.10. The minimum absolute atomic E-state index is 0.752. The summed E-state index contributed by atoms with van der Waals surface area (Å²) in [5, 5.41) is 3.52. The fraction of sp³-hybridized carbons (Fsp3) is 1.00. The Balaban J connectivity index is 2.46. The standard InChI is InChI=1S/C14H30N2/c1-5-9-16(6-2)11-13-10-12(3)7-8-14(13)15-4/h12-15H,5-11H2,1-4H3. The van der Waals surface area contributed by atoms with Crippen molar-refractivity contribution in [1.82, 2.24) is 10.2 Å². The fourth-order valence-electron chi connectivity index (χ4n) is 3.11. The molecule has 16 heavy (non-hydrogen) atoms. The lowest BCUT2D eigenvalue weighted by molar-refractivity contribution is 0.152. The van der Waals surface area contributed by atoms with E-state index in [1.54, 1.807) is 0 Å². The Labute approximate surface area is 102 Å². The van der Waals surface area contributed by atoms with Gasteiger partial charge in [0.2, 0.25) is 0 Å². The number of hydrogen-bond donors (Lipinski definition) is 1. The van der Waals surface area contributed by atoms with Crippen LogP contribution in [0.3, 0.4) is 0 Å². The van der Waals surface area contributed by atoms with Crippen molar-refractivity contribution in [3.05, 3.63) is 0 Å². The molecule has 1 rings (SSSR count). The van der Waals surface area contributed by atoms with Crippen LogP contribution in [0.4, 0.5) is 0 Å². The maximum atomic E-state index is 3.52. The third kappa shape index (κ3) is 4.06. The predicted molar refractivity (Wildman–Crippen MR) is 71.8 cm³/mol. The number of nitrogens with one attached hydrogen (secondary N) is 1. The highest BCUT2D eigenvalue weighted by molar-refractivity contribution is 4.84. The van der Waals surface area contributed by atoms with Crippen molar-refractivity contribution in [2.45, 2.75) is 52.5 Å². The Morgan fingerprint density at radius 3 is 2.56 bits per heavy atom. The molecule has 0 aliphatic heterocycles. The molecule has 0 bridgehead atoms. The van der Waals surface area contributed by atoms with Gasteiger partial charge in [0.1, 0.15) is 0 Å². The van der Waals surface area contributed by atoms with Crippen LogP contribution < -0.4 is 5.32 Å². The molecule has 1 fully saturated rings. The molecule has 0 aromatic heterocycles. The Kier molecular flexibility index (Phi) is 6.37.